The minimum Gasteiger partial charge on any atom is -0.494 e. The molecular weight excluding hydrogens is 231 g/mol. The smallest absolute Gasteiger partial charge is 0.165 e. The second kappa shape index (κ2) is 6.16. The monoisotopic (exact) mass is 252 g/mol. The van der Waals surface area contributed by atoms with Crippen LogP contribution in [0.3, 0.4) is 0 Å². The Balaban J connectivity index is 2.20. The van der Waals surface area contributed by atoms with Crippen LogP contribution >= 0.6 is 0 Å². The van der Waals surface area contributed by atoms with Crippen molar-refractivity contribution in [1.29, 1.82) is 0 Å². The molecule has 18 heavy (non-hydrogen) atoms. The van der Waals surface area contributed by atoms with E-state index in [-0.39, 0.29) is 17.6 Å². The summed E-state index contributed by atoms with van der Waals surface area (Å²) in [6.07, 6.45) is 6.16. The van der Waals surface area contributed by atoms with Gasteiger partial charge in [0.25, 0.3) is 0 Å². The van der Waals surface area contributed by atoms with Gasteiger partial charge in [-0.2, -0.15) is 0 Å². The van der Waals surface area contributed by atoms with E-state index in [1.54, 1.807) is 12.1 Å². The van der Waals surface area contributed by atoms with Crippen LogP contribution in [0.15, 0.2) is 18.2 Å². The Kier molecular flexibility index (Phi) is 4.55. The van der Waals surface area contributed by atoms with Gasteiger partial charge in [0.05, 0.1) is 7.11 Å². The first-order valence-electron chi connectivity index (χ1n) is 6.56. The second-order valence-electron chi connectivity index (χ2n) is 4.94. The summed E-state index contributed by atoms with van der Waals surface area (Å²) in [5.74, 6) is 6.16. The van der Waals surface area contributed by atoms with Gasteiger partial charge >= 0.3 is 0 Å². The van der Waals surface area contributed by atoms with E-state index in [9.17, 15) is 4.39 Å². The Bertz CT molecular complexity index is 391. The molecule has 0 aliphatic heterocycles. The minimum absolute atomic E-state index is 0.0831. The molecule has 100 valence electrons. The first-order valence-corrected chi connectivity index (χ1v) is 6.56. The lowest BCUT2D eigenvalue weighted by molar-refractivity contribution is 0.272. The summed E-state index contributed by atoms with van der Waals surface area (Å²) in [4.78, 5) is 0. The fourth-order valence-electron chi connectivity index (χ4n) is 2.84. The fourth-order valence-corrected chi connectivity index (χ4v) is 2.84. The molecule has 0 bridgehead atoms. The Hall–Kier alpha value is -1.13. The van der Waals surface area contributed by atoms with E-state index >= 15 is 0 Å². The van der Waals surface area contributed by atoms with Crippen LogP contribution in [0.4, 0.5) is 4.39 Å². The molecule has 1 aromatic carbocycles. The van der Waals surface area contributed by atoms with Gasteiger partial charge in [-0.3, -0.25) is 11.3 Å². The SMILES string of the molecule is COc1cc(C(NN)C2CCCCC2)ccc1F. The van der Waals surface area contributed by atoms with Gasteiger partial charge in [0.1, 0.15) is 0 Å². The van der Waals surface area contributed by atoms with Crippen LogP contribution in [0, 0.1) is 11.7 Å². The molecule has 4 heteroatoms. The number of benzene rings is 1. The first-order chi connectivity index (χ1) is 8.76. The summed E-state index contributed by atoms with van der Waals surface area (Å²) in [5, 5.41) is 0. The van der Waals surface area contributed by atoms with Gasteiger partial charge in [-0.05, 0) is 36.5 Å². The molecule has 1 fully saturated rings. The molecule has 1 aromatic rings. The largest absolute Gasteiger partial charge is 0.494 e. The van der Waals surface area contributed by atoms with Crippen LogP contribution in [-0.4, -0.2) is 7.11 Å². The number of rotatable bonds is 4. The summed E-state index contributed by atoms with van der Waals surface area (Å²) in [6, 6.07) is 5.06. The average Bonchev–Trinajstić information content (AvgIpc) is 2.42. The number of hydrazine groups is 1. The van der Waals surface area contributed by atoms with Crippen LogP contribution in [0.5, 0.6) is 5.75 Å². The molecule has 1 atom stereocenters. The Morgan fingerprint density at radius 2 is 2.06 bits per heavy atom. The molecule has 1 aliphatic carbocycles. The van der Waals surface area contributed by atoms with Crippen LogP contribution < -0.4 is 16.0 Å². The number of nitrogens with one attached hydrogen (secondary N) is 1. The topological polar surface area (TPSA) is 47.3 Å². The molecule has 0 spiro atoms. The summed E-state index contributed by atoms with van der Waals surface area (Å²) in [7, 11) is 1.48. The number of ether oxygens (including phenoxy) is 1. The predicted octanol–water partition coefficient (Wildman–Crippen LogP) is 2.92. The van der Waals surface area contributed by atoms with Gasteiger partial charge in [0.15, 0.2) is 11.6 Å². The average molecular weight is 252 g/mol. The maximum Gasteiger partial charge on any atom is 0.165 e. The minimum atomic E-state index is -0.333. The normalized spacial score (nSPS) is 18.6. The van der Waals surface area contributed by atoms with E-state index in [2.05, 4.69) is 5.43 Å². The van der Waals surface area contributed by atoms with Crippen molar-refractivity contribution in [2.75, 3.05) is 7.11 Å². The number of hydrogen-bond acceptors (Lipinski definition) is 3. The third kappa shape index (κ3) is 2.82. The maximum absolute atomic E-state index is 13.4. The zero-order valence-corrected chi connectivity index (χ0v) is 10.8. The van der Waals surface area contributed by atoms with Crippen LogP contribution in [0.25, 0.3) is 0 Å². The van der Waals surface area contributed by atoms with Crippen molar-refractivity contribution in [2.45, 2.75) is 38.1 Å². The third-order valence-electron chi connectivity index (χ3n) is 3.84. The Morgan fingerprint density at radius 3 is 2.67 bits per heavy atom. The van der Waals surface area contributed by atoms with Crippen LogP contribution in [-0.2, 0) is 0 Å². The summed E-state index contributed by atoms with van der Waals surface area (Å²) in [6.45, 7) is 0. The van der Waals surface area contributed by atoms with Crippen molar-refractivity contribution in [2.24, 2.45) is 11.8 Å². The fraction of sp³-hybridized carbons (Fsp3) is 0.571. The van der Waals surface area contributed by atoms with E-state index in [0.717, 1.165) is 5.56 Å². The van der Waals surface area contributed by atoms with Gasteiger partial charge in [-0.25, -0.2) is 4.39 Å². The van der Waals surface area contributed by atoms with E-state index in [1.165, 1.54) is 45.3 Å². The number of hydrogen-bond donors (Lipinski definition) is 2. The third-order valence-corrected chi connectivity index (χ3v) is 3.84. The second-order valence-corrected chi connectivity index (χ2v) is 4.94. The molecule has 3 nitrogen and oxygen atoms in total. The molecule has 0 aromatic heterocycles. The van der Waals surface area contributed by atoms with E-state index < -0.39 is 0 Å². The Labute approximate surface area is 107 Å². The van der Waals surface area contributed by atoms with Crippen molar-refractivity contribution < 1.29 is 9.13 Å². The van der Waals surface area contributed by atoms with Crippen molar-refractivity contribution in [3.05, 3.63) is 29.6 Å². The number of halogens is 1. The van der Waals surface area contributed by atoms with E-state index in [1.807, 2.05) is 0 Å². The standard InChI is InChI=1S/C14H21FN2O/c1-18-13-9-11(7-8-12(13)15)14(17-16)10-5-3-2-4-6-10/h7-10,14,17H,2-6,16H2,1H3. The van der Waals surface area contributed by atoms with E-state index in [4.69, 9.17) is 10.6 Å². The lowest BCUT2D eigenvalue weighted by Crippen LogP contribution is -2.34. The van der Waals surface area contributed by atoms with Crippen molar-refractivity contribution in [3.8, 4) is 5.75 Å². The molecule has 1 aliphatic rings. The van der Waals surface area contributed by atoms with Gasteiger partial charge in [-0.15, -0.1) is 0 Å². The molecule has 1 saturated carbocycles. The summed E-state index contributed by atoms with van der Waals surface area (Å²) in [5.41, 5.74) is 3.88. The molecular formula is C14H21FN2O. The zero-order chi connectivity index (χ0) is 13.0. The lowest BCUT2D eigenvalue weighted by Gasteiger charge is -2.30. The highest BCUT2D eigenvalue weighted by atomic mass is 19.1. The maximum atomic E-state index is 13.4. The van der Waals surface area contributed by atoms with Gasteiger partial charge < -0.3 is 4.74 Å². The summed E-state index contributed by atoms with van der Waals surface area (Å²) < 4.78 is 18.4. The highest BCUT2D eigenvalue weighted by molar-refractivity contribution is 5.32. The predicted molar refractivity (Wildman–Crippen MR) is 69.6 cm³/mol. The molecule has 0 amide bonds. The molecule has 2 rings (SSSR count). The van der Waals surface area contributed by atoms with Crippen LogP contribution in [0.1, 0.15) is 43.7 Å². The zero-order valence-electron chi connectivity index (χ0n) is 10.8. The highest BCUT2D eigenvalue weighted by Gasteiger charge is 2.24. The van der Waals surface area contributed by atoms with E-state index in [0.29, 0.717) is 5.92 Å². The van der Waals surface area contributed by atoms with Crippen molar-refractivity contribution in [3.63, 3.8) is 0 Å². The number of methoxy groups -OCH3 is 1. The molecule has 3 N–H and O–H groups in total. The highest BCUT2D eigenvalue weighted by Crippen LogP contribution is 2.35. The molecule has 0 saturated heterocycles. The molecule has 0 heterocycles. The Morgan fingerprint density at radius 1 is 1.33 bits per heavy atom. The van der Waals surface area contributed by atoms with Crippen molar-refractivity contribution in [1.82, 2.24) is 5.43 Å². The van der Waals surface area contributed by atoms with Gasteiger partial charge in [-0.1, -0.05) is 25.3 Å². The van der Waals surface area contributed by atoms with Crippen molar-refractivity contribution >= 4 is 0 Å². The van der Waals surface area contributed by atoms with Gasteiger partial charge in [0.2, 0.25) is 0 Å². The van der Waals surface area contributed by atoms with Gasteiger partial charge in [0, 0.05) is 6.04 Å². The lowest BCUT2D eigenvalue weighted by atomic mass is 9.81. The quantitative estimate of drug-likeness (QED) is 0.640. The summed E-state index contributed by atoms with van der Waals surface area (Å²) >= 11 is 0. The number of nitrogens with two attached hydrogens (primary N) is 1. The molecule has 1 unspecified atom stereocenters. The first kappa shape index (κ1) is 13.3. The molecule has 0 radical (unpaired) electrons. The van der Waals surface area contributed by atoms with Crippen LogP contribution in [0.2, 0.25) is 0 Å².